The second-order valence-corrected chi connectivity index (χ2v) is 4.97. The van der Waals surface area contributed by atoms with Crippen molar-refractivity contribution in [2.75, 3.05) is 47.1 Å². The van der Waals surface area contributed by atoms with Gasteiger partial charge in [0.05, 0.1) is 7.11 Å². The summed E-state index contributed by atoms with van der Waals surface area (Å²) in [5, 5.41) is 0. The fourth-order valence-corrected chi connectivity index (χ4v) is 1.95. The van der Waals surface area contributed by atoms with Crippen LogP contribution in [0.3, 0.4) is 0 Å². The molecule has 1 aromatic carbocycles. The van der Waals surface area contributed by atoms with Crippen molar-refractivity contribution in [2.45, 2.75) is 13.0 Å². The first-order valence-corrected chi connectivity index (χ1v) is 6.28. The fraction of sp³-hybridized carbons (Fsp3) is 0.571. The monoisotopic (exact) mass is 251 g/mol. The van der Waals surface area contributed by atoms with Gasteiger partial charge in [0.2, 0.25) is 0 Å². The van der Waals surface area contributed by atoms with Crippen molar-refractivity contribution in [3.8, 4) is 5.75 Å². The van der Waals surface area contributed by atoms with Gasteiger partial charge in [0.1, 0.15) is 5.75 Å². The molecule has 0 aliphatic heterocycles. The Hall–Kier alpha value is -1.26. The lowest BCUT2D eigenvalue weighted by atomic mass is 10.1. The molecule has 0 atom stereocenters. The Morgan fingerprint density at radius 1 is 1.17 bits per heavy atom. The van der Waals surface area contributed by atoms with Gasteiger partial charge < -0.3 is 20.3 Å². The molecule has 0 fully saturated rings. The summed E-state index contributed by atoms with van der Waals surface area (Å²) in [6.45, 7) is 3.04. The molecule has 0 unspecified atom stereocenters. The molecule has 0 aliphatic rings. The normalized spacial score (nSPS) is 11.2. The van der Waals surface area contributed by atoms with E-state index in [4.69, 9.17) is 10.5 Å². The maximum atomic E-state index is 5.82. The smallest absolute Gasteiger partial charge is 0.123 e. The minimum Gasteiger partial charge on any atom is -0.496 e. The first-order valence-electron chi connectivity index (χ1n) is 6.28. The van der Waals surface area contributed by atoms with Crippen molar-refractivity contribution >= 4 is 5.69 Å². The predicted octanol–water partition coefficient (Wildman–Crippen LogP) is 1.66. The van der Waals surface area contributed by atoms with Gasteiger partial charge >= 0.3 is 0 Å². The molecule has 0 saturated heterocycles. The zero-order valence-electron chi connectivity index (χ0n) is 11.9. The number of hydrogen-bond donors (Lipinski definition) is 1. The second kappa shape index (κ2) is 7.24. The van der Waals surface area contributed by atoms with E-state index in [-0.39, 0.29) is 0 Å². The number of nitrogens with zero attached hydrogens (tertiary/aromatic N) is 2. The third-order valence-corrected chi connectivity index (χ3v) is 2.89. The molecule has 0 radical (unpaired) electrons. The van der Waals surface area contributed by atoms with Crippen molar-refractivity contribution in [2.24, 2.45) is 0 Å². The van der Waals surface area contributed by atoms with E-state index in [1.807, 2.05) is 18.2 Å². The lowest BCUT2D eigenvalue weighted by Crippen LogP contribution is -2.23. The minimum atomic E-state index is 0.785. The number of methoxy groups -OCH3 is 1. The highest BCUT2D eigenvalue weighted by Gasteiger charge is 2.07. The molecule has 0 amide bonds. The number of hydrogen-bond acceptors (Lipinski definition) is 4. The number of ether oxygens (including phenoxy) is 1. The summed E-state index contributed by atoms with van der Waals surface area (Å²) in [4.78, 5) is 4.50. The minimum absolute atomic E-state index is 0.785. The van der Waals surface area contributed by atoms with Gasteiger partial charge in [-0.15, -0.1) is 0 Å². The van der Waals surface area contributed by atoms with E-state index in [1.165, 1.54) is 0 Å². The number of nitrogen functional groups attached to an aromatic ring is 1. The summed E-state index contributed by atoms with van der Waals surface area (Å²) < 4.78 is 5.35. The second-order valence-electron chi connectivity index (χ2n) is 4.97. The topological polar surface area (TPSA) is 41.7 Å². The van der Waals surface area contributed by atoms with Crippen molar-refractivity contribution < 1.29 is 4.74 Å². The van der Waals surface area contributed by atoms with Gasteiger partial charge in [-0.25, -0.2) is 0 Å². The van der Waals surface area contributed by atoms with Crippen LogP contribution in [-0.4, -0.2) is 51.1 Å². The van der Waals surface area contributed by atoms with Crippen LogP contribution >= 0.6 is 0 Å². The van der Waals surface area contributed by atoms with Crippen molar-refractivity contribution in [3.63, 3.8) is 0 Å². The van der Waals surface area contributed by atoms with Crippen LogP contribution in [-0.2, 0) is 6.54 Å². The van der Waals surface area contributed by atoms with Gasteiger partial charge in [-0.2, -0.15) is 0 Å². The van der Waals surface area contributed by atoms with Crippen LogP contribution < -0.4 is 10.5 Å². The number of benzene rings is 1. The standard InChI is InChI=1S/C14H25N3O/c1-16(2)8-5-9-17(3)11-12-10-13(15)6-7-14(12)18-4/h6-7,10H,5,8-9,11,15H2,1-4H3. The van der Waals surface area contributed by atoms with Gasteiger partial charge in [0, 0.05) is 17.8 Å². The van der Waals surface area contributed by atoms with E-state index in [9.17, 15) is 0 Å². The Morgan fingerprint density at radius 3 is 2.50 bits per heavy atom. The molecule has 102 valence electrons. The Bertz CT molecular complexity index is 366. The average molecular weight is 251 g/mol. The molecule has 0 aromatic heterocycles. The first kappa shape index (κ1) is 14.8. The fourth-order valence-electron chi connectivity index (χ4n) is 1.95. The van der Waals surface area contributed by atoms with E-state index in [0.717, 1.165) is 43.1 Å². The third-order valence-electron chi connectivity index (χ3n) is 2.89. The van der Waals surface area contributed by atoms with Crippen molar-refractivity contribution in [1.82, 2.24) is 9.80 Å². The van der Waals surface area contributed by atoms with Crippen LogP contribution in [0.25, 0.3) is 0 Å². The van der Waals surface area contributed by atoms with Crippen LogP contribution in [0, 0.1) is 0 Å². The van der Waals surface area contributed by atoms with Gasteiger partial charge in [-0.05, 0) is 58.9 Å². The Labute approximate surface area is 110 Å². The number of nitrogens with two attached hydrogens (primary N) is 1. The highest BCUT2D eigenvalue weighted by Crippen LogP contribution is 2.22. The van der Waals surface area contributed by atoms with Crippen LogP contribution in [0.4, 0.5) is 5.69 Å². The Balaban J connectivity index is 2.52. The molecule has 4 heteroatoms. The SMILES string of the molecule is COc1ccc(N)cc1CN(C)CCCN(C)C. The summed E-state index contributed by atoms with van der Waals surface area (Å²) in [6.07, 6.45) is 1.16. The average Bonchev–Trinajstić information content (AvgIpc) is 2.28. The molecular weight excluding hydrogens is 226 g/mol. The van der Waals surface area contributed by atoms with Gasteiger partial charge in [0.25, 0.3) is 0 Å². The van der Waals surface area contributed by atoms with Crippen molar-refractivity contribution in [3.05, 3.63) is 23.8 Å². The quantitative estimate of drug-likeness (QED) is 0.748. The highest BCUT2D eigenvalue weighted by molar-refractivity contribution is 5.47. The van der Waals surface area contributed by atoms with E-state index in [2.05, 4.69) is 30.9 Å². The summed E-state index contributed by atoms with van der Waals surface area (Å²) >= 11 is 0. The maximum absolute atomic E-state index is 5.82. The summed E-state index contributed by atoms with van der Waals surface area (Å²) in [5.41, 5.74) is 7.75. The van der Waals surface area contributed by atoms with Gasteiger partial charge in [-0.1, -0.05) is 0 Å². The molecule has 0 heterocycles. The van der Waals surface area contributed by atoms with Crippen molar-refractivity contribution in [1.29, 1.82) is 0 Å². The molecular formula is C14H25N3O. The summed E-state index contributed by atoms with van der Waals surface area (Å²) in [6, 6.07) is 5.79. The predicted molar refractivity (Wildman–Crippen MR) is 76.9 cm³/mol. The molecule has 0 bridgehead atoms. The van der Waals surface area contributed by atoms with Crippen LogP contribution in [0.1, 0.15) is 12.0 Å². The first-order chi connectivity index (χ1) is 8.52. The molecule has 1 rings (SSSR count). The Morgan fingerprint density at radius 2 is 1.89 bits per heavy atom. The largest absolute Gasteiger partial charge is 0.496 e. The number of rotatable bonds is 7. The third kappa shape index (κ3) is 4.94. The summed E-state index contributed by atoms with van der Waals surface area (Å²) in [5.74, 6) is 0.906. The van der Waals surface area contributed by atoms with E-state index in [1.54, 1.807) is 7.11 Å². The highest BCUT2D eigenvalue weighted by atomic mass is 16.5. The Kier molecular flexibility index (Phi) is 5.95. The zero-order valence-corrected chi connectivity index (χ0v) is 11.9. The molecule has 0 saturated carbocycles. The molecule has 2 N–H and O–H groups in total. The van der Waals surface area contributed by atoms with Crippen LogP contribution in [0.2, 0.25) is 0 Å². The van der Waals surface area contributed by atoms with Crippen LogP contribution in [0.15, 0.2) is 18.2 Å². The lowest BCUT2D eigenvalue weighted by molar-refractivity contribution is 0.289. The number of anilines is 1. The van der Waals surface area contributed by atoms with Gasteiger partial charge in [0.15, 0.2) is 0 Å². The molecule has 1 aromatic rings. The molecule has 4 nitrogen and oxygen atoms in total. The molecule has 0 aliphatic carbocycles. The molecule has 18 heavy (non-hydrogen) atoms. The maximum Gasteiger partial charge on any atom is 0.123 e. The zero-order chi connectivity index (χ0) is 13.5. The van der Waals surface area contributed by atoms with Gasteiger partial charge in [-0.3, -0.25) is 0 Å². The van der Waals surface area contributed by atoms with Crippen LogP contribution in [0.5, 0.6) is 5.75 Å². The van der Waals surface area contributed by atoms with E-state index >= 15 is 0 Å². The summed E-state index contributed by atoms with van der Waals surface area (Å²) in [7, 11) is 8.02. The van der Waals surface area contributed by atoms with E-state index < -0.39 is 0 Å². The molecule has 0 spiro atoms. The lowest BCUT2D eigenvalue weighted by Gasteiger charge is -2.19. The van der Waals surface area contributed by atoms with E-state index in [0.29, 0.717) is 0 Å².